The molecule has 1 aliphatic rings. The SMILES string of the molecule is CN=C(NCc1c(F)cccc1Cl)N1CCS(=O)(=O)C(C)(C)C1. The smallest absolute Gasteiger partial charge is 0.193 e. The number of hydrogen-bond acceptors (Lipinski definition) is 3. The van der Waals surface area contributed by atoms with Gasteiger partial charge in [-0.3, -0.25) is 4.99 Å². The van der Waals surface area contributed by atoms with Crippen molar-refractivity contribution in [1.29, 1.82) is 0 Å². The molecular weight excluding hydrogens is 341 g/mol. The normalized spacial score (nSPS) is 20.4. The summed E-state index contributed by atoms with van der Waals surface area (Å²) >= 11 is 6.01. The first-order chi connectivity index (χ1) is 10.7. The molecule has 0 unspecified atom stereocenters. The lowest BCUT2D eigenvalue weighted by Gasteiger charge is -2.39. The van der Waals surface area contributed by atoms with E-state index in [4.69, 9.17) is 11.6 Å². The summed E-state index contributed by atoms with van der Waals surface area (Å²) in [4.78, 5) is 6.04. The zero-order valence-corrected chi connectivity index (χ0v) is 15.0. The van der Waals surface area contributed by atoms with E-state index < -0.39 is 14.6 Å². The largest absolute Gasteiger partial charge is 0.352 e. The van der Waals surface area contributed by atoms with Crippen LogP contribution in [0.25, 0.3) is 0 Å². The van der Waals surface area contributed by atoms with Crippen LogP contribution in [0.4, 0.5) is 4.39 Å². The first-order valence-corrected chi connectivity index (χ1v) is 9.32. The van der Waals surface area contributed by atoms with Crippen LogP contribution in [-0.2, 0) is 16.4 Å². The lowest BCUT2D eigenvalue weighted by atomic mass is 10.2. The maximum absolute atomic E-state index is 13.8. The Hall–Kier alpha value is -1.34. The Bertz CT molecular complexity index is 699. The zero-order valence-electron chi connectivity index (χ0n) is 13.4. The molecule has 1 N–H and O–H groups in total. The topological polar surface area (TPSA) is 61.8 Å². The molecule has 0 saturated carbocycles. The first kappa shape index (κ1) is 18.0. The minimum atomic E-state index is -3.12. The summed E-state index contributed by atoms with van der Waals surface area (Å²) in [5, 5.41) is 3.40. The van der Waals surface area contributed by atoms with Crippen molar-refractivity contribution in [3.63, 3.8) is 0 Å². The van der Waals surface area contributed by atoms with Gasteiger partial charge in [-0.1, -0.05) is 17.7 Å². The molecule has 0 bridgehead atoms. The summed E-state index contributed by atoms with van der Waals surface area (Å²) in [6, 6.07) is 4.53. The second kappa shape index (κ2) is 6.65. The summed E-state index contributed by atoms with van der Waals surface area (Å²) in [7, 11) is -1.51. The molecule has 5 nitrogen and oxygen atoms in total. The average molecular weight is 362 g/mol. The Morgan fingerprint density at radius 3 is 2.74 bits per heavy atom. The van der Waals surface area contributed by atoms with Crippen LogP contribution in [-0.4, -0.2) is 49.9 Å². The Balaban J connectivity index is 2.10. The quantitative estimate of drug-likeness (QED) is 0.647. The maximum Gasteiger partial charge on any atom is 0.193 e. The van der Waals surface area contributed by atoms with Crippen molar-refractivity contribution in [1.82, 2.24) is 10.2 Å². The van der Waals surface area contributed by atoms with Crippen LogP contribution in [0.5, 0.6) is 0 Å². The molecule has 1 aromatic rings. The number of sulfone groups is 1. The second-order valence-electron chi connectivity index (χ2n) is 6.10. The molecule has 0 aliphatic carbocycles. The van der Waals surface area contributed by atoms with Crippen molar-refractivity contribution in [2.75, 3.05) is 25.9 Å². The van der Waals surface area contributed by atoms with Crippen LogP contribution in [0.3, 0.4) is 0 Å². The average Bonchev–Trinajstić information content (AvgIpc) is 2.46. The fourth-order valence-electron chi connectivity index (χ4n) is 2.53. The number of guanidine groups is 1. The maximum atomic E-state index is 13.8. The van der Waals surface area contributed by atoms with E-state index in [0.29, 0.717) is 29.6 Å². The highest BCUT2D eigenvalue weighted by atomic mass is 35.5. The molecule has 1 saturated heterocycles. The zero-order chi connectivity index (χ0) is 17.3. The van der Waals surface area contributed by atoms with Gasteiger partial charge in [0, 0.05) is 37.3 Å². The van der Waals surface area contributed by atoms with Crippen LogP contribution >= 0.6 is 11.6 Å². The molecule has 0 aromatic heterocycles. The number of nitrogens with zero attached hydrogens (tertiary/aromatic N) is 2. The molecule has 0 radical (unpaired) electrons. The van der Waals surface area contributed by atoms with Gasteiger partial charge in [0.25, 0.3) is 0 Å². The number of halogens is 2. The number of nitrogens with one attached hydrogen (secondary N) is 1. The van der Waals surface area contributed by atoms with Crippen LogP contribution in [0, 0.1) is 5.82 Å². The van der Waals surface area contributed by atoms with E-state index >= 15 is 0 Å². The standard InChI is InChI=1S/C15H21ClFN3O2S/c1-15(2)10-20(7-8-23(15,21)22)14(18-3)19-9-11-12(16)5-4-6-13(11)17/h4-6H,7-10H2,1-3H3,(H,18,19). The van der Waals surface area contributed by atoms with Crippen molar-refractivity contribution in [3.05, 3.63) is 34.6 Å². The van der Waals surface area contributed by atoms with Crippen LogP contribution < -0.4 is 5.32 Å². The molecular formula is C15H21ClFN3O2S. The highest BCUT2D eigenvalue weighted by molar-refractivity contribution is 7.92. The molecule has 1 aliphatic heterocycles. The van der Waals surface area contributed by atoms with Crippen molar-refractivity contribution in [3.8, 4) is 0 Å². The molecule has 23 heavy (non-hydrogen) atoms. The fourth-order valence-corrected chi connectivity index (χ4v) is 4.12. The van der Waals surface area contributed by atoms with Crippen LogP contribution in [0.1, 0.15) is 19.4 Å². The van der Waals surface area contributed by atoms with E-state index in [1.807, 2.05) is 4.90 Å². The van der Waals surface area contributed by atoms with Crippen molar-refractivity contribution in [2.45, 2.75) is 25.1 Å². The Kier molecular flexibility index (Phi) is 5.20. The number of rotatable bonds is 2. The molecule has 8 heteroatoms. The first-order valence-electron chi connectivity index (χ1n) is 7.29. The molecule has 1 fully saturated rings. The second-order valence-corrected chi connectivity index (χ2v) is 9.25. The Labute approximate surface area is 141 Å². The highest BCUT2D eigenvalue weighted by Gasteiger charge is 2.40. The minimum absolute atomic E-state index is 0.0706. The molecule has 0 atom stereocenters. The molecule has 0 spiro atoms. The third-order valence-corrected chi connectivity index (χ3v) is 6.93. The highest BCUT2D eigenvalue weighted by Crippen LogP contribution is 2.24. The Morgan fingerprint density at radius 1 is 1.48 bits per heavy atom. The van der Waals surface area contributed by atoms with Gasteiger partial charge in [0.15, 0.2) is 15.8 Å². The molecule has 1 aromatic carbocycles. The van der Waals surface area contributed by atoms with E-state index in [1.54, 1.807) is 33.0 Å². The fraction of sp³-hybridized carbons (Fsp3) is 0.533. The van der Waals surface area contributed by atoms with E-state index in [9.17, 15) is 12.8 Å². The van der Waals surface area contributed by atoms with Gasteiger partial charge in [-0.15, -0.1) is 0 Å². The monoisotopic (exact) mass is 361 g/mol. The Morgan fingerprint density at radius 2 is 2.17 bits per heavy atom. The van der Waals surface area contributed by atoms with Gasteiger partial charge in [-0.25, -0.2) is 12.8 Å². The van der Waals surface area contributed by atoms with Gasteiger partial charge in [0.2, 0.25) is 0 Å². The lowest BCUT2D eigenvalue weighted by Crippen LogP contribution is -2.57. The minimum Gasteiger partial charge on any atom is -0.352 e. The van der Waals surface area contributed by atoms with Gasteiger partial charge in [0.05, 0.1) is 10.5 Å². The third kappa shape index (κ3) is 3.77. The molecule has 0 amide bonds. The van der Waals surface area contributed by atoms with Gasteiger partial charge in [-0.05, 0) is 26.0 Å². The predicted molar refractivity (Wildman–Crippen MR) is 91.0 cm³/mol. The van der Waals surface area contributed by atoms with Crippen molar-refractivity contribution >= 4 is 27.4 Å². The predicted octanol–water partition coefficient (Wildman–Crippen LogP) is 2.06. The summed E-state index contributed by atoms with van der Waals surface area (Å²) < 4.78 is 37.1. The number of benzene rings is 1. The molecule has 2 rings (SSSR count). The van der Waals surface area contributed by atoms with E-state index in [0.717, 1.165) is 0 Å². The summed E-state index contributed by atoms with van der Waals surface area (Å²) in [6.07, 6.45) is 0. The molecule has 128 valence electrons. The van der Waals surface area contributed by atoms with E-state index in [-0.39, 0.29) is 18.1 Å². The van der Waals surface area contributed by atoms with Crippen molar-refractivity contribution in [2.24, 2.45) is 4.99 Å². The van der Waals surface area contributed by atoms with Gasteiger partial charge in [0.1, 0.15) is 5.82 Å². The van der Waals surface area contributed by atoms with Crippen molar-refractivity contribution < 1.29 is 12.8 Å². The number of hydrogen-bond donors (Lipinski definition) is 1. The van der Waals surface area contributed by atoms with Gasteiger partial charge in [-0.2, -0.15) is 0 Å². The van der Waals surface area contributed by atoms with Gasteiger partial charge >= 0.3 is 0 Å². The lowest BCUT2D eigenvalue weighted by molar-refractivity contribution is 0.353. The summed E-state index contributed by atoms with van der Waals surface area (Å²) in [5.74, 6) is 0.218. The molecule has 1 heterocycles. The van der Waals surface area contributed by atoms with E-state index in [1.165, 1.54) is 6.07 Å². The van der Waals surface area contributed by atoms with Gasteiger partial charge < -0.3 is 10.2 Å². The third-order valence-electron chi connectivity index (χ3n) is 4.04. The summed E-state index contributed by atoms with van der Waals surface area (Å²) in [5.41, 5.74) is 0.360. The number of aliphatic imine (C=N–C) groups is 1. The summed E-state index contributed by atoms with van der Waals surface area (Å²) in [6.45, 7) is 4.28. The van der Waals surface area contributed by atoms with E-state index in [2.05, 4.69) is 10.3 Å². The van der Waals surface area contributed by atoms with Crippen LogP contribution in [0.15, 0.2) is 23.2 Å². The van der Waals surface area contributed by atoms with Crippen LogP contribution in [0.2, 0.25) is 5.02 Å².